The molecule has 1 N–H and O–H groups in total. The second kappa shape index (κ2) is 3.93. The smallest absolute Gasteiger partial charge is 0.137 e. The summed E-state index contributed by atoms with van der Waals surface area (Å²) in [6, 6.07) is 9.45. The van der Waals surface area contributed by atoms with Crippen LogP contribution in [0.25, 0.3) is 0 Å². The summed E-state index contributed by atoms with van der Waals surface area (Å²) in [4.78, 5) is 0. The van der Waals surface area contributed by atoms with Crippen molar-refractivity contribution >= 4 is 0 Å². The molecule has 1 atom stereocenters. The first-order valence-electron chi connectivity index (χ1n) is 5.74. The molecule has 1 aliphatic heterocycles. The molecule has 3 rings (SSSR count). The van der Waals surface area contributed by atoms with Gasteiger partial charge in [0.2, 0.25) is 0 Å². The first-order chi connectivity index (χ1) is 8.24. The molecule has 3 heteroatoms. The Balaban J connectivity index is 1.94. The number of fused-ring (bicyclic) bond motifs is 1. The van der Waals surface area contributed by atoms with Gasteiger partial charge in [0.1, 0.15) is 23.4 Å². The number of aliphatic hydroxyl groups is 1. The number of hydrogen-bond donors (Lipinski definition) is 1. The monoisotopic (exact) mass is 230 g/mol. The summed E-state index contributed by atoms with van der Waals surface area (Å²) < 4.78 is 10.9. The van der Waals surface area contributed by atoms with Gasteiger partial charge in [0.05, 0.1) is 6.61 Å². The normalized spacial score (nSPS) is 15.4. The van der Waals surface area contributed by atoms with E-state index in [0.29, 0.717) is 5.76 Å². The third-order valence-corrected chi connectivity index (χ3v) is 3.06. The number of benzene rings is 1. The molecule has 0 bridgehead atoms. The van der Waals surface area contributed by atoms with Crippen molar-refractivity contribution in [3.63, 3.8) is 0 Å². The molecule has 2 aromatic rings. The minimum Gasteiger partial charge on any atom is -0.493 e. The molecule has 1 unspecified atom stereocenters. The van der Waals surface area contributed by atoms with Crippen LogP contribution in [0.2, 0.25) is 0 Å². The van der Waals surface area contributed by atoms with Crippen molar-refractivity contribution in [3.8, 4) is 5.75 Å². The van der Waals surface area contributed by atoms with Gasteiger partial charge >= 0.3 is 0 Å². The number of ether oxygens (including phenoxy) is 1. The molecule has 1 aromatic carbocycles. The summed E-state index contributed by atoms with van der Waals surface area (Å²) in [5, 5.41) is 10.2. The molecule has 0 saturated carbocycles. The highest BCUT2D eigenvalue weighted by Gasteiger charge is 2.18. The summed E-state index contributed by atoms with van der Waals surface area (Å²) >= 11 is 0. The van der Waals surface area contributed by atoms with E-state index in [1.165, 1.54) is 0 Å². The first-order valence-corrected chi connectivity index (χ1v) is 5.74. The van der Waals surface area contributed by atoms with Crippen LogP contribution in [0.15, 0.2) is 34.7 Å². The largest absolute Gasteiger partial charge is 0.493 e. The molecule has 1 aromatic heterocycles. The van der Waals surface area contributed by atoms with Crippen molar-refractivity contribution in [1.29, 1.82) is 0 Å². The summed E-state index contributed by atoms with van der Waals surface area (Å²) in [6.45, 7) is 2.60. The zero-order chi connectivity index (χ0) is 11.8. The average molecular weight is 230 g/mol. The Morgan fingerprint density at radius 3 is 2.88 bits per heavy atom. The molecule has 88 valence electrons. The van der Waals surface area contributed by atoms with Crippen LogP contribution in [0.4, 0.5) is 0 Å². The Bertz CT molecular complexity index is 542. The Kier molecular flexibility index (Phi) is 2.41. The van der Waals surface area contributed by atoms with Crippen molar-refractivity contribution in [1.82, 2.24) is 0 Å². The van der Waals surface area contributed by atoms with Crippen LogP contribution >= 0.6 is 0 Å². The van der Waals surface area contributed by atoms with Crippen LogP contribution in [0.1, 0.15) is 28.8 Å². The fraction of sp³-hybridized carbons (Fsp3) is 0.286. The maximum absolute atomic E-state index is 10.2. The molecule has 17 heavy (non-hydrogen) atoms. The summed E-state index contributed by atoms with van der Waals surface area (Å²) in [6.07, 6.45) is 0.210. The second-order valence-electron chi connectivity index (χ2n) is 4.32. The van der Waals surface area contributed by atoms with Gasteiger partial charge in [-0.25, -0.2) is 0 Å². The molecular weight excluding hydrogens is 216 g/mol. The van der Waals surface area contributed by atoms with Crippen molar-refractivity contribution in [3.05, 3.63) is 53.0 Å². The molecule has 1 aliphatic rings. The van der Waals surface area contributed by atoms with E-state index in [9.17, 15) is 5.11 Å². The standard InChI is InChI=1S/C14H14O3/c1-9-2-4-13(17-9)14(15)11-3-5-12-10(8-11)6-7-16-12/h2-5,8,14-15H,6-7H2,1H3. The van der Waals surface area contributed by atoms with E-state index in [-0.39, 0.29) is 0 Å². The van der Waals surface area contributed by atoms with Gasteiger partial charge in [0, 0.05) is 6.42 Å². The maximum Gasteiger partial charge on any atom is 0.137 e. The van der Waals surface area contributed by atoms with Crippen LogP contribution < -0.4 is 4.74 Å². The quantitative estimate of drug-likeness (QED) is 0.862. The van der Waals surface area contributed by atoms with E-state index in [2.05, 4.69) is 0 Å². The van der Waals surface area contributed by atoms with Gasteiger partial charge < -0.3 is 14.3 Å². The molecule has 3 nitrogen and oxygen atoms in total. The fourth-order valence-electron chi connectivity index (χ4n) is 2.14. The lowest BCUT2D eigenvalue weighted by Crippen LogP contribution is -1.98. The Labute approximate surface area is 99.6 Å². The van der Waals surface area contributed by atoms with Gasteiger partial charge in [-0.3, -0.25) is 0 Å². The SMILES string of the molecule is Cc1ccc(C(O)c2ccc3c(c2)CCO3)o1. The number of aryl methyl sites for hydroxylation is 1. The summed E-state index contributed by atoms with van der Waals surface area (Å²) in [5.41, 5.74) is 2.01. The maximum atomic E-state index is 10.2. The zero-order valence-electron chi connectivity index (χ0n) is 9.64. The van der Waals surface area contributed by atoms with E-state index < -0.39 is 6.10 Å². The van der Waals surface area contributed by atoms with Crippen LogP contribution in [-0.4, -0.2) is 11.7 Å². The topological polar surface area (TPSA) is 42.6 Å². The van der Waals surface area contributed by atoms with Gasteiger partial charge in [-0.2, -0.15) is 0 Å². The summed E-state index contributed by atoms with van der Waals surface area (Å²) in [7, 11) is 0. The van der Waals surface area contributed by atoms with Crippen molar-refractivity contribution in [2.45, 2.75) is 19.4 Å². The molecule has 0 amide bonds. The minimum atomic E-state index is -0.699. The van der Waals surface area contributed by atoms with E-state index in [1.807, 2.05) is 37.3 Å². The lowest BCUT2D eigenvalue weighted by atomic mass is 10.0. The number of hydrogen-bond acceptors (Lipinski definition) is 3. The van der Waals surface area contributed by atoms with Gasteiger partial charge in [-0.1, -0.05) is 6.07 Å². The minimum absolute atomic E-state index is 0.585. The third kappa shape index (κ3) is 1.83. The number of rotatable bonds is 2. The number of aliphatic hydroxyl groups excluding tert-OH is 1. The van der Waals surface area contributed by atoms with E-state index in [0.717, 1.165) is 35.7 Å². The molecule has 0 fully saturated rings. The van der Waals surface area contributed by atoms with E-state index in [4.69, 9.17) is 9.15 Å². The van der Waals surface area contributed by atoms with Crippen molar-refractivity contribution < 1.29 is 14.3 Å². The van der Waals surface area contributed by atoms with Gasteiger partial charge in [-0.15, -0.1) is 0 Å². The van der Waals surface area contributed by atoms with Gasteiger partial charge in [-0.05, 0) is 42.3 Å². The predicted molar refractivity (Wildman–Crippen MR) is 63.1 cm³/mol. The molecule has 0 spiro atoms. The highest BCUT2D eigenvalue weighted by Crippen LogP contribution is 2.30. The Morgan fingerprint density at radius 2 is 2.12 bits per heavy atom. The lowest BCUT2D eigenvalue weighted by molar-refractivity contribution is 0.187. The first kappa shape index (κ1) is 10.4. The van der Waals surface area contributed by atoms with Crippen molar-refractivity contribution in [2.24, 2.45) is 0 Å². The molecule has 0 saturated heterocycles. The highest BCUT2D eigenvalue weighted by molar-refractivity contribution is 5.41. The molecule has 0 radical (unpaired) electrons. The molecule has 2 heterocycles. The third-order valence-electron chi connectivity index (χ3n) is 3.06. The zero-order valence-corrected chi connectivity index (χ0v) is 9.64. The Morgan fingerprint density at radius 1 is 1.24 bits per heavy atom. The molecular formula is C14H14O3. The van der Waals surface area contributed by atoms with E-state index in [1.54, 1.807) is 0 Å². The van der Waals surface area contributed by atoms with Gasteiger partial charge in [0.25, 0.3) is 0 Å². The predicted octanol–water partition coefficient (Wildman–Crippen LogP) is 2.60. The van der Waals surface area contributed by atoms with Crippen LogP contribution in [-0.2, 0) is 6.42 Å². The van der Waals surface area contributed by atoms with Crippen LogP contribution in [0, 0.1) is 6.92 Å². The van der Waals surface area contributed by atoms with Crippen molar-refractivity contribution in [2.75, 3.05) is 6.61 Å². The average Bonchev–Trinajstić information content (AvgIpc) is 2.95. The van der Waals surface area contributed by atoms with Gasteiger partial charge in [0.15, 0.2) is 0 Å². The highest BCUT2D eigenvalue weighted by atomic mass is 16.5. The molecule has 0 aliphatic carbocycles. The Hall–Kier alpha value is -1.74. The lowest BCUT2D eigenvalue weighted by Gasteiger charge is -2.09. The summed E-state index contributed by atoms with van der Waals surface area (Å²) in [5.74, 6) is 2.32. The van der Waals surface area contributed by atoms with Crippen LogP contribution in [0.5, 0.6) is 5.75 Å². The number of furan rings is 1. The van der Waals surface area contributed by atoms with Crippen LogP contribution in [0.3, 0.4) is 0 Å². The fourth-order valence-corrected chi connectivity index (χ4v) is 2.14. The second-order valence-corrected chi connectivity index (χ2v) is 4.32. The van der Waals surface area contributed by atoms with E-state index >= 15 is 0 Å².